The lowest BCUT2D eigenvalue weighted by Crippen LogP contribution is -2.38. The molecule has 2 fully saturated rings. The van der Waals surface area contributed by atoms with E-state index in [4.69, 9.17) is 0 Å². The molecule has 4 heteroatoms. The number of fused-ring (bicyclic) bond motifs is 2. The number of hydrogen-bond donors (Lipinski definition) is 1. The molecule has 2 atom stereocenters. The summed E-state index contributed by atoms with van der Waals surface area (Å²) in [5.74, 6) is 0.227. The van der Waals surface area contributed by atoms with Gasteiger partial charge in [0.05, 0.1) is 4.88 Å². The van der Waals surface area contributed by atoms with Gasteiger partial charge in [0.1, 0.15) is 0 Å². The number of hydrogen-bond acceptors (Lipinski definition) is 3. The Morgan fingerprint density at radius 3 is 2.83 bits per heavy atom. The Morgan fingerprint density at radius 2 is 2.11 bits per heavy atom. The van der Waals surface area contributed by atoms with E-state index in [1.165, 1.54) is 23.3 Å². The number of nitrogens with one attached hydrogen (secondary N) is 1. The Bertz CT molecular complexity index is 449. The fraction of sp³-hybridized carbons (Fsp3) is 0.643. The number of thiophene rings is 1. The summed E-state index contributed by atoms with van der Waals surface area (Å²) in [7, 11) is 0. The molecule has 2 unspecified atom stereocenters. The molecule has 0 radical (unpaired) electrons. The molecule has 0 spiro atoms. The van der Waals surface area contributed by atoms with E-state index in [0.29, 0.717) is 12.1 Å². The molecule has 18 heavy (non-hydrogen) atoms. The summed E-state index contributed by atoms with van der Waals surface area (Å²) >= 11 is 1.63. The van der Waals surface area contributed by atoms with Crippen LogP contribution in [0.2, 0.25) is 0 Å². The fourth-order valence-corrected chi connectivity index (χ4v) is 3.96. The Labute approximate surface area is 112 Å². The van der Waals surface area contributed by atoms with E-state index in [-0.39, 0.29) is 5.91 Å². The van der Waals surface area contributed by atoms with Crippen molar-refractivity contribution in [2.75, 3.05) is 13.1 Å². The predicted octanol–water partition coefficient (Wildman–Crippen LogP) is 2.33. The number of rotatable bonds is 1. The number of carbonyl (C=O) groups is 1. The number of carbonyl (C=O) groups excluding carboxylic acids is 1. The Balaban J connectivity index is 1.76. The number of aryl methyl sites for hydroxylation is 2. The highest BCUT2D eigenvalue weighted by molar-refractivity contribution is 7.14. The molecule has 1 aromatic rings. The Hall–Kier alpha value is -0.870. The second-order valence-corrected chi connectivity index (χ2v) is 6.78. The minimum Gasteiger partial charge on any atom is -0.336 e. The summed E-state index contributed by atoms with van der Waals surface area (Å²) in [6.45, 7) is 5.95. The van der Waals surface area contributed by atoms with E-state index in [9.17, 15) is 4.79 Å². The second kappa shape index (κ2) is 4.67. The van der Waals surface area contributed by atoms with Crippen LogP contribution >= 0.6 is 11.3 Å². The molecule has 0 saturated carbocycles. The number of amides is 1. The second-order valence-electron chi connectivity index (χ2n) is 5.53. The molecule has 1 N–H and O–H groups in total. The van der Waals surface area contributed by atoms with Crippen LogP contribution < -0.4 is 5.32 Å². The molecule has 1 amide bonds. The van der Waals surface area contributed by atoms with Crippen LogP contribution in [0.25, 0.3) is 0 Å². The molecule has 0 aromatic carbocycles. The van der Waals surface area contributed by atoms with Crippen molar-refractivity contribution in [1.29, 1.82) is 0 Å². The van der Waals surface area contributed by atoms with Crippen LogP contribution in [0.3, 0.4) is 0 Å². The Kier molecular flexibility index (Phi) is 3.16. The van der Waals surface area contributed by atoms with E-state index >= 15 is 0 Å². The van der Waals surface area contributed by atoms with Gasteiger partial charge >= 0.3 is 0 Å². The third-order valence-corrected chi connectivity index (χ3v) is 5.33. The normalized spacial score (nSPS) is 27.3. The monoisotopic (exact) mass is 264 g/mol. The van der Waals surface area contributed by atoms with Gasteiger partial charge in [0.2, 0.25) is 0 Å². The molecule has 3 nitrogen and oxygen atoms in total. The lowest BCUT2D eigenvalue weighted by molar-refractivity contribution is 0.0753. The minimum atomic E-state index is 0.227. The van der Waals surface area contributed by atoms with E-state index in [1.807, 2.05) is 11.0 Å². The van der Waals surface area contributed by atoms with Crippen LogP contribution in [-0.4, -0.2) is 36.0 Å². The maximum atomic E-state index is 12.5. The zero-order valence-electron chi connectivity index (χ0n) is 11.0. The van der Waals surface area contributed by atoms with Crippen LogP contribution in [0.4, 0.5) is 0 Å². The molecule has 98 valence electrons. The molecule has 2 saturated heterocycles. The van der Waals surface area contributed by atoms with Gasteiger partial charge in [-0.2, -0.15) is 0 Å². The first-order valence-electron chi connectivity index (χ1n) is 6.76. The van der Waals surface area contributed by atoms with Crippen LogP contribution in [0.15, 0.2) is 6.07 Å². The quantitative estimate of drug-likeness (QED) is 0.844. The van der Waals surface area contributed by atoms with Gasteiger partial charge in [-0.25, -0.2) is 0 Å². The molecular weight excluding hydrogens is 244 g/mol. The van der Waals surface area contributed by atoms with Gasteiger partial charge in [0.25, 0.3) is 5.91 Å². The van der Waals surface area contributed by atoms with Gasteiger partial charge in [-0.15, -0.1) is 11.3 Å². The first-order chi connectivity index (χ1) is 8.63. The van der Waals surface area contributed by atoms with E-state index in [0.717, 1.165) is 24.4 Å². The van der Waals surface area contributed by atoms with Gasteiger partial charge in [-0.3, -0.25) is 4.79 Å². The maximum absolute atomic E-state index is 12.5. The SMILES string of the molecule is Cc1cc(C(=O)N2CCC3CCC(C2)N3)sc1C. The highest BCUT2D eigenvalue weighted by Crippen LogP contribution is 2.25. The van der Waals surface area contributed by atoms with Crippen molar-refractivity contribution in [3.8, 4) is 0 Å². The molecule has 0 aliphatic carbocycles. The van der Waals surface area contributed by atoms with Crippen molar-refractivity contribution in [2.45, 2.75) is 45.2 Å². The molecule has 3 rings (SSSR count). The van der Waals surface area contributed by atoms with E-state index in [2.05, 4.69) is 19.2 Å². The van der Waals surface area contributed by atoms with Crippen LogP contribution in [0.1, 0.15) is 39.4 Å². The highest BCUT2D eigenvalue weighted by Gasteiger charge is 2.31. The third-order valence-electron chi connectivity index (χ3n) is 4.19. The summed E-state index contributed by atoms with van der Waals surface area (Å²) in [6.07, 6.45) is 3.60. The lowest BCUT2D eigenvalue weighted by Gasteiger charge is -2.23. The number of nitrogens with zero attached hydrogens (tertiary/aromatic N) is 1. The van der Waals surface area contributed by atoms with Crippen molar-refractivity contribution in [3.05, 3.63) is 21.4 Å². The first kappa shape index (κ1) is 12.2. The predicted molar refractivity (Wildman–Crippen MR) is 74.3 cm³/mol. The standard InChI is InChI=1S/C14H20N2OS/c1-9-7-13(18-10(9)2)14(17)16-6-5-11-3-4-12(8-16)15-11/h7,11-12,15H,3-6,8H2,1-2H3. The molecule has 2 bridgehead atoms. The highest BCUT2D eigenvalue weighted by atomic mass is 32.1. The van der Waals surface area contributed by atoms with Gasteiger partial charge in [0.15, 0.2) is 0 Å². The van der Waals surface area contributed by atoms with Gasteiger partial charge < -0.3 is 10.2 Å². The smallest absolute Gasteiger partial charge is 0.263 e. The largest absolute Gasteiger partial charge is 0.336 e. The van der Waals surface area contributed by atoms with Crippen molar-refractivity contribution in [2.24, 2.45) is 0 Å². The summed E-state index contributed by atoms with van der Waals surface area (Å²) in [4.78, 5) is 16.7. The summed E-state index contributed by atoms with van der Waals surface area (Å²) in [5, 5.41) is 3.62. The first-order valence-corrected chi connectivity index (χ1v) is 7.57. The lowest BCUT2D eigenvalue weighted by atomic mass is 10.1. The van der Waals surface area contributed by atoms with Gasteiger partial charge in [-0.1, -0.05) is 0 Å². The molecule has 2 aliphatic rings. The third kappa shape index (κ3) is 2.19. The summed E-state index contributed by atoms with van der Waals surface area (Å²) < 4.78 is 0. The van der Waals surface area contributed by atoms with Crippen LogP contribution in [0.5, 0.6) is 0 Å². The van der Waals surface area contributed by atoms with Crippen LogP contribution in [0, 0.1) is 13.8 Å². The molecule has 2 aliphatic heterocycles. The van der Waals surface area contributed by atoms with Gasteiger partial charge in [-0.05, 0) is 44.7 Å². The molecular formula is C14H20N2OS. The van der Waals surface area contributed by atoms with Crippen molar-refractivity contribution < 1.29 is 4.79 Å². The number of likely N-dealkylation sites (tertiary alicyclic amines) is 1. The average Bonchev–Trinajstić information content (AvgIpc) is 2.82. The van der Waals surface area contributed by atoms with Crippen molar-refractivity contribution in [1.82, 2.24) is 10.2 Å². The maximum Gasteiger partial charge on any atom is 0.263 e. The van der Waals surface area contributed by atoms with Crippen molar-refractivity contribution in [3.63, 3.8) is 0 Å². The van der Waals surface area contributed by atoms with Crippen LogP contribution in [-0.2, 0) is 0 Å². The van der Waals surface area contributed by atoms with Gasteiger partial charge in [0, 0.05) is 30.1 Å². The average molecular weight is 264 g/mol. The molecule has 3 heterocycles. The van der Waals surface area contributed by atoms with E-state index < -0.39 is 0 Å². The van der Waals surface area contributed by atoms with Crippen molar-refractivity contribution >= 4 is 17.2 Å². The summed E-state index contributed by atoms with van der Waals surface area (Å²) in [5.41, 5.74) is 1.23. The topological polar surface area (TPSA) is 32.3 Å². The Morgan fingerprint density at radius 1 is 1.33 bits per heavy atom. The molecule has 1 aromatic heterocycles. The van der Waals surface area contributed by atoms with E-state index in [1.54, 1.807) is 11.3 Å². The zero-order chi connectivity index (χ0) is 12.7. The fourth-order valence-electron chi connectivity index (χ4n) is 2.96. The minimum absolute atomic E-state index is 0.227. The zero-order valence-corrected chi connectivity index (χ0v) is 11.8. The summed E-state index contributed by atoms with van der Waals surface area (Å²) in [6, 6.07) is 3.20.